The molecule has 0 atom stereocenters. The average Bonchev–Trinajstić information content (AvgIpc) is 2.75. The molecule has 2 aromatic rings. The summed E-state index contributed by atoms with van der Waals surface area (Å²) in [4.78, 5) is 4.21. The standard InChI is InChI=1S/C11H12N2O2S.BrH/c1-14-9-4-3-7(5-10(9)15-2)8-6-16-11(12)13-8;/h3-6H,1-2H3,(H2,12,13);1H. The van der Waals surface area contributed by atoms with E-state index in [1.165, 1.54) is 11.3 Å². The Hall–Kier alpha value is -1.27. The SMILES string of the molecule is Br.COc1ccc(-c2csc(N)n2)cc1OC. The summed E-state index contributed by atoms with van der Waals surface area (Å²) in [5.74, 6) is 1.39. The first-order chi connectivity index (χ1) is 7.74. The number of hydrogen-bond acceptors (Lipinski definition) is 5. The number of ether oxygens (including phenoxy) is 2. The van der Waals surface area contributed by atoms with Crippen LogP contribution in [0.25, 0.3) is 11.3 Å². The molecular formula is C11H13BrN2O2S. The van der Waals surface area contributed by atoms with Gasteiger partial charge in [0.25, 0.3) is 0 Å². The molecule has 1 aromatic carbocycles. The maximum atomic E-state index is 5.59. The zero-order chi connectivity index (χ0) is 11.5. The third-order valence-corrected chi connectivity index (χ3v) is 2.88. The molecule has 0 amide bonds. The van der Waals surface area contributed by atoms with E-state index in [0.717, 1.165) is 11.3 Å². The second-order valence-corrected chi connectivity index (χ2v) is 4.03. The first-order valence-electron chi connectivity index (χ1n) is 4.68. The lowest BCUT2D eigenvalue weighted by molar-refractivity contribution is 0.355. The summed E-state index contributed by atoms with van der Waals surface area (Å²) in [5.41, 5.74) is 7.41. The van der Waals surface area contributed by atoms with E-state index >= 15 is 0 Å². The molecule has 92 valence electrons. The zero-order valence-electron chi connectivity index (χ0n) is 9.47. The van der Waals surface area contributed by atoms with Gasteiger partial charge < -0.3 is 15.2 Å². The van der Waals surface area contributed by atoms with Gasteiger partial charge in [-0.1, -0.05) is 0 Å². The van der Waals surface area contributed by atoms with Gasteiger partial charge in [-0.15, -0.1) is 28.3 Å². The van der Waals surface area contributed by atoms with Gasteiger partial charge in [0, 0.05) is 10.9 Å². The van der Waals surface area contributed by atoms with Crippen LogP contribution in [0.3, 0.4) is 0 Å². The van der Waals surface area contributed by atoms with Gasteiger partial charge in [0.05, 0.1) is 19.9 Å². The van der Waals surface area contributed by atoms with Gasteiger partial charge in [-0.2, -0.15) is 0 Å². The molecule has 2 N–H and O–H groups in total. The molecule has 0 saturated heterocycles. The van der Waals surface area contributed by atoms with E-state index < -0.39 is 0 Å². The molecule has 0 fully saturated rings. The van der Waals surface area contributed by atoms with Crippen LogP contribution < -0.4 is 15.2 Å². The Labute approximate surface area is 114 Å². The summed E-state index contributed by atoms with van der Waals surface area (Å²) in [5, 5.41) is 2.47. The molecule has 1 heterocycles. The van der Waals surface area contributed by atoms with E-state index in [1.54, 1.807) is 14.2 Å². The summed E-state index contributed by atoms with van der Waals surface area (Å²) >= 11 is 1.42. The van der Waals surface area contributed by atoms with Crippen molar-refractivity contribution in [2.24, 2.45) is 0 Å². The Balaban J connectivity index is 0.00000144. The van der Waals surface area contributed by atoms with Crippen LogP contribution in [0.1, 0.15) is 0 Å². The number of rotatable bonds is 3. The van der Waals surface area contributed by atoms with Gasteiger partial charge >= 0.3 is 0 Å². The smallest absolute Gasteiger partial charge is 0.180 e. The van der Waals surface area contributed by atoms with Crippen molar-refractivity contribution in [3.63, 3.8) is 0 Å². The molecule has 0 spiro atoms. The third kappa shape index (κ3) is 2.89. The number of methoxy groups -OCH3 is 2. The van der Waals surface area contributed by atoms with Gasteiger partial charge in [-0.3, -0.25) is 0 Å². The highest BCUT2D eigenvalue weighted by Gasteiger charge is 2.08. The van der Waals surface area contributed by atoms with Crippen molar-refractivity contribution < 1.29 is 9.47 Å². The van der Waals surface area contributed by atoms with Crippen molar-refractivity contribution >= 4 is 33.4 Å². The lowest BCUT2D eigenvalue weighted by Gasteiger charge is -2.08. The van der Waals surface area contributed by atoms with Gasteiger partial charge in [-0.25, -0.2) is 4.98 Å². The minimum atomic E-state index is 0. The molecule has 4 nitrogen and oxygen atoms in total. The van der Waals surface area contributed by atoms with Crippen LogP contribution in [0.2, 0.25) is 0 Å². The topological polar surface area (TPSA) is 57.4 Å². The molecule has 2 rings (SSSR count). The number of aromatic nitrogens is 1. The summed E-state index contributed by atoms with van der Waals surface area (Å²) < 4.78 is 10.4. The van der Waals surface area contributed by atoms with Crippen molar-refractivity contribution in [3.8, 4) is 22.8 Å². The molecule has 1 aromatic heterocycles. The lowest BCUT2D eigenvalue weighted by Crippen LogP contribution is -1.91. The van der Waals surface area contributed by atoms with Crippen LogP contribution in [0.5, 0.6) is 11.5 Å². The van der Waals surface area contributed by atoms with Crippen LogP contribution in [0.15, 0.2) is 23.6 Å². The van der Waals surface area contributed by atoms with Crippen LogP contribution in [-0.2, 0) is 0 Å². The average molecular weight is 317 g/mol. The Morgan fingerprint density at radius 2 is 1.88 bits per heavy atom. The normalized spacial score (nSPS) is 9.53. The summed E-state index contributed by atoms with van der Waals surface area (Å²) in [6.07, 6.45) is 0. The van der Waals surface area contributed by atoms with Crippen molar-refractivity contribution in [2.75, 3.05) is 20.0 Å². The number of nitrogens with zero attached hydrogens (tertiary/aromatic N) is 1. The highest BCUT2D eigenvalue weighted by Crippen LogP contribution is 2.32. The Bertz CT molecular complexity index is 502. The Morgan fingerprint density at radius 1 is 1.18 bits per heavy atom. The van der Waals surface area contributed by atoms with E-state index in [-0.39, 0.29) is 17.0 Å². The molecule has 0 unspecified atom stereocenters. The minimum Gasteiger partial charge on any atom is -0.493 e. The van der Waals surface area contributed by atoms with Crippen molar-refractivity contribution in [1.82, 2.24) is 4.98 Å². The Kier molecular flexibility index (Phi) is 4.77. The first kappa shape index (κ1) is 13.8. The van der Waals surface area contributed by atoms with E-state index in [9.17, 15) is 0 Å². The molecule has 0 aliphatic rings. The number of nitrogens with two attached hydrogens (primary N) is 1. The predicted molar refractivity (Wildman–Crippen MR) is 75.4 cm³/mol. The molecule has 0 aliphatic heterocycles. The van der Waals surface area contributed by atoms with E-state index in [4.69, 9.17) is 15.2 Å². The van der Waals surface area contributed by atoms with E-state index in [0.29, 0.717) is 16.6 Å². The summed E-state index contributed by atoms with van der Waals surface area (Å²) in [7, 11) is 3.22. The number of anilines is 1. The van der Waals surface area contributed by atoms with Crippen LogP contribution in [0.4, 0.5) is 5.13 Å². The molecule has 0 saturated carbocycles. The number of halogens is 1. The summed E-state index contributed by atoms with van der Waals surface area (Å²) in [6, 6.07) is 5.66. The largest absolute Gasteiger partial charge is 0.493 e. The van der Waals surface area contributed by atoms with Gasteiger partial charge in [0.2, 0.25) is 0 Å². The van der Waals surface area contributed by atoms with Crippen molar-refractivity contribution in [3.05, 3.63) is 23.6 Å². The van der Waals surface area contributed by atoms with Crippen LogP contribution in [0, 0.1) is 0 Å². The molecule has 0 aliphatic carbocycles. The zero-order valence-corrected chi connectivity index (χ0v) is 12.0. The minimum absolute atomic E-state index is 0. The van der Waals surface area contributed by atoms with Crippen molar-refractivity contribution in [1.29, 1.82) is 0 Å². The highest BCUT2D eigenvalue weighted by atomic mass is 79.9. The molecular weight excluding hydrogens is 304 g/mol. The second kappa shape index (κ2) is 5.88. The van der Waals surface area contributed by atoms with Crippen LogP contribution >= 0.6 is 28.3 Å². The fourth-order valence-corrected chi connectivity index (χ4v) is 1.99. The lowest BCUT2D eigenvalue weighted by atomic mass is 10.1. The third-order valence-electron chi connectivity index (χ3n) is 2.20. The second-order valence-electron chi connectivity index (χ2n) is 3.14. The molecule has 0 bridgehead atoms. The van der Waals surface area contributed by atoms with Gasteiger partial charge in [0.1, 0.15) is 0 Å². The quantitative estimate of drug-likeness (QED) is 0.945. The van der Waals surface area contributed by atoms with Crippen molar-refractivity contribution in [2.45, 2.75) is 0 Å². The van der Waals surface area contributed by atoms with E-state index in [2.05, 4.69) is 4.98 Å². The molecule has 17 heavy (non-hydrogen) atoms. The molecule has 0 radical (unpaired) electrons. The van der Waals surface area contributed by atoms with Crippen LogP contribution in [-0.4, -0.2) is 19.2 Å². The first-order valence-corrected chi connectivity index (χ1v) is 5.56. The molecule has 6 heteroatoms. The highest BCUT2D eigenvalue weighted by molar-refractivity contribution is 8.93. The monoisotopic (exact) mass is 316 g/mol. The van der Waals surface area contributed by atoms with E-state index in [1.807, 2.05) is 23.6 Å². The number of nitrogen functional groups attached to an aromatic ring is 1. The number of thiazole rings is 1. The predicted octanol–water partition coefficient (Wildman–Crippen LogP) is 2.99. The maximum Gasteiger partial charge on any atom is 0.180 e. The summed E-state index contributed by atoms with van der Waals surface area (Å²) in [6.45, 7) is 0. The fourth-order valence-electron chi connectivity index (χ4n) is 1.42. The number of benzene rings is 1. The number of hydrogen-bond donors (Lipinski definition) is 1. The van der Waals surface area contributed by atoms with Gasteiger partial charge in [-0.05, 0) is 18.2 Å². The fraction of sp³-hybridized carbons (Fsp3) is 0.182. The Morgan fingerprint density at radius 3 is 2.41 bits per heavy atom. The van der Waals surface area contributed by atoms with Gasteiger partial charge in [0.15, 0.2) is 16.6 Å². The maximum absolute atomic E-state index is 5.59.